The molecule has 1 saturated heterocycles. The van der Waals surface area contributed by atoms with Crippen LogP contribution in [0.25, 0.3) is 0 Å². The van der Waals surface area contributed by atoms with E-state index in [1.165, 1.54) is 23.5 Å². The summed E-state index contributed by atoms with van der Waals surface area (Å²) in [7, 11) is 2.25. The van der Waals surface area contributed by atoms with E-state index in [4.69, 9.17) is 5.73 Å². The molecule has 4 heteroatoms. The van der Waals surface area contributed by atoms with Crippen LogP contribution >= 0.6 is 23.1 Å². The van der Waals surface area contributed by atoms with Crippen LogP contribution in [-0.2, 0) is 6.42 Å². The lowest BCUT2D eigenvalue weighted by Crippen LogP contribution is -2.59. The van der Waals surface area contributed by atoms with Gasteiger partial charge in [-0.1, -0.05) is 13.0 Å². The minimum atomic E-state index is 0.209. The van der Waals surface area contributed by atoms with E-state index in [1.807, 2.05) is 11.3 Å². The highest BCUT2D eigenvalue weighted by Gasteiger charge is 2.40. The summed E-state index contributed by atoms with van der Waals surface area (Å²) in [4.78, 5) is 3.99. The summed E-state index contributed by atoms with van der Waals surface area (Å²) in [6.45, 7) is 4.24. The fourth-order valence-corrected chi connectivity index (χ4v) is 4.94. The summed E-state index contributed by atoms with van der Waals surface area (Å²) in [5, 5.41) is 2.80. The lowest BCUT2D eigenvalue weighted by atomic mass is 9.87. The molecule has 0 spiro atoms. The number of thioether (sulfide) groups is 1. The maximum Gasteiger partial charge on any atom is 0.0444 e. The van der Waals surface area contributed by atoms with Crippen molar-refractivity contribution in [3.63, 3.8) is 0 Å². The molecule has 0 bridgehead atoms. The van der Waals surface area contributed by atoms with Crippen molar-refractivity contribution in [3.8, 4) is 0 Å². The van der Waals surface area contributed by atoms with Crippen LogP contribution in [0.3, 0.4) is 0 Å². The first-order chi connectivity index (χ1) is 8.69. The van der Waals surface area contributed by atoms with E-state index in [-0.39, 0.29) is 5.54 Å². The van der Waals surface area contributed by atoms with Gasteiger partial charge in [-0.05, 0) is 43.5 Å². The predicted molar refractivity (Wildman–Crippen MR) is 83.6 cm³/mol. The Labute approximate surface area is 119 Å². The van der Waals surface area contributed by atoms with Gasteiger partial charge in [-0.2, -0.15) is 11.8 Å². The normalized spacial score (nSPS) is 28.8. The average Bonchev–Trinajstić information content (AvgIpc) is 2.90. The van der Waals surface area contributed by atoms with Crippen molar-refractivity contribution in [1.82, 2.24) is 4.90 Å². The number of rotatable bonds is 5. The summed E-state index contributed by atoms with van der Waals surface area (Å²) in [5.41, 5.74) is 6.33. The van der Waals surface area contributed by atoms with E-state index < -0.39 is 0 Å². The quantitative estimate of drug-likeness (QED) is 0.901. The molecule has 1 aromatic rings. The molecule has 0 saturated carbocycles. The zero-order valence-electron chi connectivity index (χ0n) is 11.4. The zero-order chi connectivity index (χ0) is 13.0. The molecule has 1 aliphatic heterocycles. The second-order valence-corrected chi connectivity index (χ2v) is 7.66. The van der Waals surface area contributed by atoms with Gasteiger partial charge in [0.15, 0.2) is 0 Å². The molecule has 0 aromatic carbocycles. The molecular formula is C14H24N2S2. The number of thiophene rings is 1. The van der Waals surface area contributed by atoms with Crippen LogP contribution in [-0.4, -0.2) is 41.6 Å². The molecule has 18 heavy (non-hydrogen) atoms. The van der Waals surface area contributed by atoms with Crippen LogP contribution in [0.4, 0.5) is 0 Å². The Bertz CT molecular complexity index is 353. The van der Waals surface area contributed by atoms with Crippen LogP contribution in [0.5, 0.6) is 0 Å². The van der Waals surface area contributed by atoms with Crippen molar-refractivity contribution in [2.75, 3.05) is 25.9 Å². The van der Waals surface area contributed by atoms with E-state index in [1.54, 1.807) is 0 Å². The van der Waals surface area contributed by atoms with Crippen molar-refractivity contribution < 1.29 is 0 Å². The molecule has 0 radical (unpaired) electrons. The number of hydrogen-bond donors (Lipinski definition) is 1. The number of nitrogens with two attached hydrogens (primary N) is 1. The van der Waals surface area contributed by atoms with Crippen LogP contribution in [0, 0.1) is 0 Å². The molecule has 2 unspecified atom stereocenters. The van der Waals surface area contributed by atoms with Gasteiger partial charge in [-0.3, -0.25) is 4.90 Å². The molecular weight excluding hydrogens is 260 g/mol. The first-order valence-corrected chi connectivity index (χ1v) is 8.67. The van der Waals surface area contributed by atoms with E-state index in [0.29, 0.717) is 5.25 Å². The van der Waals surface area contributed by atoms with Gasteiger partial charge in [0.25, 0.3) is 0 Å². The third kappa shape index (κ3) is 2.93. The van der Waals surface area contributed by atoms with Gasteiger partial charge in [-0.15, -0.1) is 11.3 Å². The predicted octanol–water partition coefficient (Wildman–Crippen LogP) is 2.84. The highest BCUT2D eigenvalue weighted by atomic mass is 32.2. The Balaban J connectivity index is 1.98. The summed E-state index contributed by atoms with van der Waals surface area (Å²) in [6.07, 6.45) is 3.70. The highest BCUT2D eigenvalue weighted by Crippen LogP contribution is 2.37. The molecule has 1 fully saturated rings. The maximum absolute atomic E-state index is 6.13. The van der Waals surface area contributed by atoms with Crippen LogP contribution in [0.2, 0.25) is 0 Å². The largest absolute Gasteiger partial charge is 0.329 e. The summed E-state index contributed by atoms with van der Waals surface area (Å²) in [6, 6.07) is 4.37. The smallest absolute Gasteiger partial charge is 0.0444 e. The van der Waals surface area contributed by atoms with Gasteiger partial charge in [0.1, 0.15) is 0 Å². The van der Waals surface area contributed by atoms with Crippen molar-refractivity contribution >= 4 is 23.1 Å². The summed E-state index contributed by atoms with van der Waals surface area (Å²) >= 11 is 3.94. The van der Waals surface area contributed by atoms with Crippen molar-refractivity contribution in [3.05, 3.63) is 22.4 Å². The van der Waals surface area contributed by atoms with Gasteiger partial charge in [-0.25, -0.2) is 0 Å². The third-order valence-corrected chi connectivity index (χ3v) is 6.67. The third-order valence-electron chi connectivity index (χ3n) is 4.27. The Morgan fingerprint density at radius 1 is 1.56 bits per heavy atom. The van der Waals surface area contributed by atoms with Gasteiger partial charge < -0.3 is 5.73 Å². The first kappa shape index (κ1) is 14.4. The molecule has 2 nitrogen and oxygen atoms in total. The van der Waals surface area contributed by atoms with Gasteiger partial charge in [0.05, 0.1) is 0 Å². The SMILES string of the molecule is CC1SCCCC1(CN)N(C)CCc1cccs1. The lowest BCUT2D eigenvalue weighted by molar-refractivity contribution is 0.113. The van der Waals surface area contributed by atoms with Crippen molar-refractivity contribution in [1.29, 1.82) is 0 Å². The van der Waals surface area contributed by atoms with Gasteiger partial charge >= 0.3 is 0 Å². The van der Waals surface area contributed by atoms with Crippen LogP contribution in [0.1, 0.15) is 24.6 Å². The first-order valence-electron chi connectivity index (χ1n) is 6.74. The molecule has 0 aliphatic carbocycles. The number of nitrogens with zero attached hydrogens (tertiary/aromatic N) is 1. The monoisotopic (exact) mass is 284 g/mol. The summed E-state index contributed by atoms with van der Waals surface area (Å²) < 4.78 is 0. The van der Waals surface area contributed by atoms with E-state index >= 15 is 0 Å². The average molecular weight is 284 g/mol. The molecule has 0 amide bonds. The lowest BCUT2D eigenvalue weighted by Gasteiger charge is -2.48. The Hall–Kier alpha value is -0.0300. The maximum atomic E-state index is 6.13. The second-order valence-electron chi connectivity index (χ2n) is 5.18. The van der Waals surface area contributed by atoms with E-state index in [0.717, 1.165) is 19.5 Å². The zero-order valence-corrected chi connectivity index (χ0v) is 13.0. The molecule has 2 N–H and O–H groups in total. The molecule has 1 aliphatic rings. The standard InChI is InChI=1S/C14H24N2S2/c1-12-14(11-15,7-4-10-17-12)16(2)8-6-13-5-3-9-18-13/h3,5,9,12H,4,6-8,10-11,15H2,1-2H3. The minimum Gasteiger partial charge on any atom is -0.329 e. The molecule has 102 valence electrons. The Morgan fingerprint density at radius 3 is 3.00 bits per heavy atom. The topological polar surface area (TPSA) is 29.3 Å². The second kappa shape index (κ2) is 6.42. The van der Waals surface area contributed by atoms with E-state index in [9.17, 15) is 0 Å². The Morgan fingerprint density at radius 2 is 2.39 bits per heavy atom. The van der Waals surface area contributed by atoms with Crippen LogP contribution in [0.15, 0.2) is 17.5 Å². The summed E-state index contributed by atoms with van der Waals surface area (Å²) in [5.74, 6) is 1.29. The van der Waals surface area contributed by atoms with Crippen molar-refractivity contribution in [2.24, 2.45) is 5.73 Å². The van der Waals surface area contributed by atoms with E-state index in [2.05, 4.69) is 48.1 Å². The number of likely N-dealkylation sites (N-methyl/N-ethyl adjacent to an activating group) is 1. The molecule has 2 rings (SSSR count). The minimum absolute atomic E-state index is 0.209. The molecule has 2 heterocycles. The fourth-order valence-electron chi connectivity index (χ4n) is 2.88. The fraction of sp³-hybridized carbons (Fsp3) is 0.714. The van der Waals surface area contributed by atoms with Crippen LogP contribution < -0.4 is 5.73 Å². The Kier molecular flexibility index (Phi) is 5.13. The van der Waals surface area contributed by atoms with Crippen molar-refractivity contribution in [2.45, 2.75) is 37.0 Å². The molecule has 1 aromatic heterocycles. The van der Waals surface area contributed by atoms with Gasteiger partial charge in [0.2, 0.25) is 0 Å². The number of hydrogen-bond acceptors (Lipinski definition) is 4. The van der Waals surface area contributed by atoms with Gasteiger partial charge in [0, 0.05) is 28.8 Å². The molecule has 2 atom stereocenters. The highest BCUT2D eigenvalue weighted by molar-refractivity contribution is 8.00.